The van der Waals surface area contributed by atoms with E-state index >= 15 is 0 Å². The first-order valence-corrected chi connectivity index (χ1v) is 7.08. The maximum Gasteiger partial charge on any atom is 0.162 e. The van der Waals surface area contributed by atoms with Crippen molar-refractivity contribution >= 4 is 5.82 Å². The highest BCUT2D eigenvalue weighted by atomic mass is 14.9. The highest BCUT2D eigenvalue weighted by Gasteiger charge is 2.06. The molecule has 1 heterocycles. The number of hydrogen-bond donors (Lipinski definition) is 1. The standard InChI is InChI=1S/C16H13N3.C2H6/c17-15-11-14(12-7-3-1-4-8-12)18-16(19-15)13-9-5-2-6-10-13;1-2/h1-11H,(H2,17,18,19);1-2H3. The van der Waals surface area contributed by atoms with Crippen molar-refractivity contribution in [3.05, 3.63) is 66.7 Å². The van der Waals surface area contributed by atoms with Gasteiger partial charge in [-0.15, -0.1) is 0 Å². The summed E-state index contributed by atoms with van der Waals surface area (Å²) in [6.45, 7) is 4.00. The van der Waals surface area contributed by atoms with E-state index in [1.54, 1.807) is 6.07 Å². The summed E-state index contributed by atoms with van der Waals surface area (Å²) >= 11 is 0. The summed E-state index contributed by atoms with van der Waals surface area (Å²) < 4.78 is 0. The van der Waals surface area contributed by atoms with E-state index in [4.69, 9.17) is 5.73 Å². The fourth-order valence-electron chi connectivity index (χ4n) is 1.94. The first-order valence-electron chi connectivity index (χ1n) is 7.08. The Balaban J connectivity index is 0.000000774. The largest absolute Gasteiger partial charge is 0.384 e. The van der Waals surface area contributed by atoms with Crippen LogP contribution < -0.4 is 5.73 Å². The smallest absolute Gasteiger partial charge is 0.162 e. The highest BCUT2D eigenvalue weighted by molar-refractivity contribution is 5.66. The van der Waals surface area contributed by atoms with Gasteiger partial charge in [0.15, 0.2) is 5.82 Å². The molecular formula is C18H19N3. The number of hydrogen-bond acceptors (Lipinski definition) is 3. The molecule has 0 saturated heterocycles. The van der Waals surface area contributed by atoms with Gasteiger partial charge in [-0.2, -0.15) is 0 Å². The lowest BCUT2D eigenvalue weighted by Gasteiger charge is -2.06. The minimum atomic E-state index is 0.479. The normalized spacial score (nSPS) is 9.62. The molecule has 0 spiro atoms. The van der Waals surface area contributed by atoms with E-state index in [-0.39, 0.29) is 0 Å². The summed E-state index contributed by atoms with van der Waals surface area (Å²) in [5.74, 6) is 1.13. The molecule has 0 radical (unpaired) electrons. The second-order valence-electron chi connectivity index (χ2n) is 4.23. The van der Waals surface area contributed by atoms with Gasteiger partial charge in [-0.3, -0.25) is 0 Å². The average Bonchev–Trinajstić information content (AvgIpc) is 2.58. The van der Waals surface area contributed by atoms with Crippen molar-refractivity contribution in [2.75, 3.05) is 5.73 Å². The summed E-state index contributed by atoms with van der Waals surface area (Å²) in [5, 5.41) is 0. The van der Waals surface area contributed by atoms with Gasteiger partial charge >= 0.3 is 0 Å². The van der Waals surface area contributed by atoms with E-state index in [9.17, 15) is 0 Å². The molecule has 0 unspecified atom stereocenters. The number of rotatable bonds is 2. The molecule has 0 aliphatic carbocycles. The molecule has 3 heteroatoms. The Bertz CT molecular complexity index is 622. The third-order valence-corrected chi connectivity index (χ3v) is 2.85. The molecule has 0 bridgehead atoms. The van der Waals surface area contributed by atoms with Crippen LogP contribution in [0, 0.1) is 0 Å². The van der Waals surface area contributed by atoms with E-state index in [2.05, 4.69) is 9.97 Å². The molecule has 106 valence electrons. The molecule has 2 N–H and O–H groups in total. The predicted octanol–water partition coefficient (Wildman–Crippen LogP) is 4.42. The summed E-state index contributed by atoms with van der Waals surface area (Å²) in [6, 6.07) is 21.6. The van der Waals surface area contributed by atoms with Crippen LogP contribution >= 0.6 is 0 Å². The zero-order chi connectivity index (χ0) is 15.1. The van der Waals surface area contributed by atoms with Crippen LogP contribution in [0.15, 0.2) is 66.7 Å². The third kappa shape index (κ3) is 3.66. The maximum absolute atomic E-state index is 5.88. The maximum atomic E-state index is 5.88. The lowest BCUT2D eigenvalue weighted by Crippen LogP contribution is -1.97. The van der Waals surface area contributed by atoms with Gasteiger partial charge < -0.3 is 5.73 Å². The molecule has 21 heavy (non-hydrogen) atoms. The lowest BCUT2D eigenvalue weighted by molar-refractivity contribution is 1.19. The fourth-order valence-corrected chi connectivity index (χ4v) is 1.94. The molecule has 3 rings (SSSR count). The molecule has 3 nitrogen and oxygen atoms in total. The van der Waals surface area contributed by atoms with Gasteiger partial charge in [0.25, 0.3) is 0 Å². The molecule has 1 aromatic heterocycles. The second-order valence-corrected chi connectivity index (χ2v) is 4.23. The van der Waals surface area contributed by atoms with E-state index in [0.717, 1.165) is 16.8 Å². The Morgan fingerprint density at radius 2 is 1.24 bits per heavy atom. The topological polar surface area (TPSA) is 51.8 Å². The van der Waals surface area contributed by atoms with Gasteiger partial charge in [0.2, 0.25) is 0 Å². The summed E-state index contributed by atoms with van der Waals surface area (Å²) in [7, 11) is 0. The van der Waals surface area contributed by atoms with Crippen LogP contribution in [0.2, 0.25) is 0 Å². The Kier molecular flexibility index (Phi) is 5.04. The second kappa shape index (κ2) is 7.20. The quantitative estimate of drug-likeness (QED) is 0.754. The van der Waals surface area contributed by atoms with Crippen molar-refractivity contribution < 1.29 is 0 Å². The molecule has 0 saturated carbocycles. The summed E-state index contributed by atoms with van der Waals surface area (Å²) in [4.78, 5) is 8.88. The predicted molar refractivity (Wildman–Crippen MR) is 88.7 cm³/mol. The minimum Gasteiger partial charge on any atom is -0.384 e. The van der Waals surface area contributed by atoms with Crippen molar-refractivity contribution in [3.8, 4) is 22.6 Å². The molecule has 0 atom stereocenters. The van der Waals surface area contributed by atoms with E-state index in [1.165, 1.54) is 0 Å². The van der Waals surface area contributed by atoms with Crippen LogP contribution in [0.5, 0.6) is 0 Å². The van der Waals surface area contributed by atoms with Crippen LogP contribution in [0.4, 0.5) is 5.82 Å². The summed E-state index contributed by atoms with van der Waals surface area (Å²) in [5.41, 5.74) is 8.72. The van der Waals surface area contributed by atoms with Gasteiger partial charge in [-0.05, 0) is 0 Å². The number of nitrogens with zero attached hydrogens (tertiary/aromatic N) is 2. The Hall–Kier alpha value is -2.68. The summed E-state index contributed by atoms with van der Waals surface area (Å²) in [6.07, 6.45) is 0. The van der Waals surface area contributed by atoms with E-state index < -0.39 is 0 Å². The van der Waals surface area contributed by atoms with Crippen molar-refractivity contribution in [1.82, 2.24) is 9.97 Å². The molecule has 2 aromatic carbocycles. The lowest BCUT2D eigenvalue weighted by atomic mass is 10.1. The molecule has 0 aliphatic heterocycles. The molecule has 0 fully saturated rings. The van der Waals surface area contributed by atoms with Crippen molar-refractivity contribution in [3.63, 3.8) is 0 Å². The van der Waals surface area contributed by atoms with E-state index in [0.29, 0.717) is 11.6 Å². The van der Waals surface area contributed by atoms with Crippen LogP contribution in [0.3, 0.4) is 0 Å². The van der Waals surface area contributed by atoms with Gasteiger partial charge in [0, 0.05) is 17.2 Å². The Labute approximate surface area is 125 Å². The number of aromatic nitrogens is 2. The fraction of sp³-hybridized carbons (Fsp3) is 0.111. The number of anilines is 1. The average molecular weight is 277 g/mol. The van der Waals surface area contributed by atoms with Gasteiger partial charge in [0.1, 0.15) is 5.82 Å². The molecule has 0 aliphatic rings. The SMILES string of the molecule is CC.Nc1cc(-c2ccccc2)nc(-c2ccccc2)n1. The molecule has 3 aromatic rings. The Morgan fingerprint density at radius 3 is 1.81 bits per heavy atom. The Morgan fingerprint density at radius 1 is 0.714 bits per heavy atom. The van der Waals surface area contributed by atoms with Crippen LogP contribution in [0.25, 0.3) is 22.6 Å². The number of nitrogens with two attached hydrogens (primary N) is 1. The zero-order valence-electron chi connectivity index (χ0n) is 12.3. The first kappa shape index (κ1) is 14.7. The van der Waals surface area contributed by atoms with Crippen molar-refractivity contribution in [2.45, 2.75) is 13.8 Å². The third-order valence-electron chi connectivity index (χ3n) is 2.85. The minimum absolute atomic E-state index is 0.479. The van der Waals surface area contributed by atoms with Crippen molar-refractivity contribution in [2.24, 2.45) is 0 Å². The highest BCUT2D eigenvalue weighted by Crippen LogP contribution is 2.22. The molecular weight excluding hydrogens is 258 g/mol. The van der Waals surface area contributed by atoms with Crippen molar-refractivity contribution in [1.29, 1.82) is 0 Å². The first-order chi connectivity index (χ1) is 10.3. The van der Waals surface area contributed by atoms with Crippen LogP contribution in [-0.4, -0.2) is 9.97 Å². The van der Waals surface area contributed by atoms with Crippen LogP contribution in [0.1, 0.15) is 13.8 Å². The van der Waals surface area contributed by atoms with Gasteiger partial charge in [-0.1, -0.05) is 74.5 Å². The number of nitrogen functional groups attached to an aromatic ring is 1. The van der Waals surface area contributed by atoms with E-state index in [1.807, 2.05) is 74.5 Å². The van der Waals surface area contributed by atoms with Gasteiger partial charge in [0.05, 0.1) is 5.69 Å². The monoisotopic (exact) mass is 277 g/mol. The zero-order valence-corrected chi connectivity index (χ0v) is 12.3. The van der Waals surface area contributed by atoms with Crippen LogP contribution in [-0.2, 0) is 0 Å². The number of benzene rings is 2. The van der Waals surface area contributed by atoms with Gasteiger partial charge in [-0.25, -0.2) is 9.97 Å². The molecule has 0 amide bonds.